The molecular weight excluding hydrogens is 411 g/mol. The predicted molar refractivity (Wildman–Crippen MR) is 110 cm³/mol. The first-order valence-corrected chi connectivity index (χ1v) is 9.22. The maximum absolute atomic E-state index is 11.6. The lowest BCUT2D eigenvalue weighted by Gasteiger charge is -2.13. The molecule has 0 aromatic carbocycles. The van der Waals surface area contributed by atoms with Crippen LogP contribution in [-0.2, 0) is 4.79 Å². The maximum Gasteiger partial charge on any atom is 0.243 e. The van der Waals surface area contributed by atoms with Crippen LogP contribution in [0.5, 0.6) is 0 Å². The fraction of sp³-hybridized carbons (Fsp3) is 0.867. The van der Waals surface area contributed by atoms with E-state index in [1.807, 2.05) is 11.8 Å². The van der Waals surface area contributed by atoms with Gasteiger partial charge in [-0.2, -0.15) is 11.8 Å². The van der Waals surface area contributed by atoms with Gasteiger partial charge in [-0.1, -0.05) is 19.8 Å². The standard InChI is InChI=1S/C15H32N4OS.HI/c1-5-10-16-15(18-13-14(20)19(2)3)17-11-8-6-7-9-12-21-4;/h5-13H2,1-4H3,(H2,16,17,18);1H. The van der Waals surface area contributed by atoms with E-state index in [4.69, 9.17) is 0 Å². The van der Waals surface area contributed by atoms with Gasteiger partial charge in [0.25, 0.3) is 0 Å². The van der Waals surface area contributed by atoms with Gasteiger partial charge in [-0.3, -0.25) is 4.79 Å². The smallest absolute Gasteiger partial charge is 0.243 e. The van der Waals surface area contributed by atoms with Crippen molar-refractivity contribution in [3.05, 3.63) is 0 Å². The molecule has 0 fully saturated rings. The molecule has 0 aliphatic rings. The first-order valence-electron chi connectivity index (χ1n) is 7.83. The number of carbonyl (C=O) groups is 1. The summed E-state index contributed by atoms with van der Waals surface area (Å²) >= 11 is 1.91. The highest BCUT2D eigenvalue weighted by Gasteiger charge is 2.03. The highest BCUT2D eigenvalue weighted by Crippen LogP contribution is 2.03. The number of hydrogen-bond donors (Lipinski definition) is 2. The molecule has 132 valence electrons. The third kappa shape index (κ3) is 14.7. The Kier molecular flexibility index (Phi) is 18.8. The summed E-state index contributed by atoms with van der Waals surface area (Å²) in [6, 6.07) is 0. The van der Waals surface area contributed by atoms with Gasteiger partial charge in [-0.25, -0.2) is 4.99 Å². The van der Waals surface area contributed by atoms with Crippen LogP contribution in [0.1, 0.15) is 39.0 Å². The molecule has 0 saturated carbocycles. The van der Waals surface area contributed by atoms with Gasteiger partial charge in [0.05, 0.1) is 0 Å². The number of aliphatic imine (C=N–C) groups is 1. The highest BCUT2D eigenvalue weighted by atomic mass is 127. The third-order valence-electron chi connectivity index (χ3n) is 2.98. The molecule has 0 bridgehead atoms. The molecule has 0 aliphatic heterocycles. The molecule has 2 N–H and O–H groups in total. The molecule has 0 radical (unpaired) electrons. The summed E-state index contributed by atoms with van der Waals surface area (Å²) in [4.78, 5) is 17.5. The lowest BCUT2D eigenvalue weighted by atomic mass is 10.2. The average molecular weight is 444 g/mol. The third-order valence-corrected chi connectivity index (χ3v) is 3.68. The zero-order valence-electron chi connectivity index (χ0n) is 14.5. The van der Waals surface area contributed by atoms with Crippen molar-refractivity contribution in [1.29, 1.82) is 0 Å². The fourth-order valence-electron chi connectivity index (χ4n) is 1.64. The molecule has 5 nitrogen and oxygen atoms in total. The van der Waals surface area contributed by atoms with Crippen molar-refractivity contribution in [3.63, 3.8) is 0 Å². The van der Waals surface area contributed by atoms with Crippen molar-refractivity contribution in [2.75, 3.05) is 45.7 Å². The zero-order chi connectivity index (χ0) is 15.9. The second-order valence-electron chi connectivity index (χ2n) is 5.21. The van der Waals surface area contributed by atoms with Crippen LogP contribution in [0.3, 0.4) is 0 Å². The maximum atomic E-state index is 11.6. The molecular formula is C15H33IN4OS. The van der Waals surface area contributed by atoms with Crippen LogP contribution in [0.25, 0.3) is 0 Å². The molecule has 22 heavy (non-hydrogen) atoms. The molecule has 0 aromatic heterocycles. The van der Waals surface area contributed by atoms with Gasteiger partial charge in [0, 0.05) is 27.2 Å². The van der Waals surface area contributed by atoms with Crippen LogP contribution in [0.4, 0.5) is 0 Å². The highest BCUT2D eigenvalue weighted by molar-refractivity contribution is 14.0. The number of halogens is 1. The Hall–Kier alpha value is -0.180. The Bertz CT molecular complexity index is 301. The zero-order valence-corrected chi connectivity index (χ0v) is 17.6. The van der Waals surface area contributed by atoms with Gasteiger partial charge in [-0.15, -0.1) is 24.0 Å². The van der Waals surface area contributed by atoms with Crippen LogP contribution < -0.4 is 10.6 Å². The largest absolute Gasteiger partial charge is 0.356 e. The second kappa shape index (κ2) is 17.2. The number of likely N-dealkylation sites (N-methyl/N-ethyl adjacent to an activating group) is 1. The van der Waals surface area contributed by atoms with Crippen LogP contribution in [-0.4, -0.2) is 62.5 Å². The van der Waals surface area contributed by atoms with E-state index in [2.05, 4.69) is 28.8 Å². The SMILES string of the molecule is CCCNC(=NCC(=O)N(C)C)NCCCCCCSC.I. The minimum absolute atomic E-state index is 0. The number of nitrogens with zero attached hydrogens (tertiary/aromatic N) is 2. The van der Waals surface area contributed by atoms with E-state index in [1.54, 1.807) is 19.0 Å². The molecule has 0 heterocycles. The molecule has 1 amide bonds. The molecule has 0 rings (SSSR count). The van der Waals surface area contributed by atoms with Crippen LogP contribution >= 0.6 is 35.7 Å². The van der Waals surface area contributed by atoms with Crippen molar-refractivity contribution >= 4 is 47.6 Å². The van der Waals surface area contributed by atoms with E-state index in [9.17, 15) is 4.79 Å². The fourth-order valence-corrected chi connectivity index (χ4v) is 2.13. The lowest BCUT2D eigenvalue weighted by molar-refractivity contribution is -0.127. The monoisotopic (exact) mass is 444 g/mol. The minimum Gasteiger partial charge on any atom is -0.356 e. The number of nitrogens with one attached hydrogen (secondary N) is 2. The Balaban J connectivity index is 0. The number of unbranched alkanes of at least 4 members (excludes halogenated alkanes) is 3. The Labute approximate surface area is 157 Å². The van der Waals surface area contributed by atoms with E-state index >= 15 is 0 Å². The van der Waals surface area contributed by atoms with Gasteiger partial charge in [0.2, 0.25) is 5.91 Å². The van der Waals surface area contributed by atoms with Crippen molar-refractivity contribution in [2.45, 2.75) is 39.0 Å². The Morgan fingerprint density at radius 2 is 1.73 bits per heavy atom. The first-order chi connectivity index (χ1) is 10.1. The first kappa shape index (κ1) is 24.1. The second-order valence-corrected chi connectivity index (χ2v) is 6.20. The quantitative estimate of drug-likeness (QED) is 0.223. The summed E-state index contributed by atoms with van der Waals surface area (Å²) in [5.74, 6) is 2.02. The Morgan fingerprint density at radius 3 is 2.32 bits per heavy atom. The number of carbonyl (C=O) groups excluding carboxylic acids is 1. The molecule has 0 saturated heterocycles. The van der Waals surface area contributed by atoms with Crippen molar-refractivity contribution in [3.8, 4) is 0 Å². The van der Waals surface area contributed by atoms with Gasteiger partial charge in [-0.05, 0) is 31.3 Å². The summed E-state index contributed by atoms with van der Waals surface area (Å²) < 4.78 is 0. The van der Waals surface area contributed by atoms with E-state index in [0.717, 1.165) is 31.9 Å². The van der Waals surface area contributed by atoms with Crippen LogP contribution in [0, 0.1) is 0 Å². The lowest BCUT2D eigenvalue weighted by Crippen LogP contribution is -2.39. The number of guanidine groups is 1. The molecule has 0 unspecified atom stereocenters. The van der Waals surface area contributed by atoms with Crippen molar-refractivity contribution in [2.24, 2.45) is 4.99 Å². The summed E-state index contributed by atoms with van der Waals surface area (Å²) in [6.07, 6.45) is 8.16. The van der Waals surface area contributed by atoms with E-state index in [-0.39, 0.29) is 36.4 Å². The molecule has 0 aliphatic carbocycles. The Morgan fingerprint density at radius 1 is 1.09 bits per heavy atom. The number of thioether (sulfide) groups is 1. The molecule has 0 spiro atoms. The van der Waals surface area contributed by atoms with E-state index in [1.165, 1.54) is 25.0 Å². The summed E-state index contributed by atoms with van der Waals surface area (Å²) in [7, 11) is 3.50. The van der Waals surface area contributed by atoms with E-state index < -0.39 is 0 Å². The number of hydrogen-bond acceptors (Lipinski definition) is 3. The van der Waals surface area contributed by atoms with Gasteiger partial charge < -0.3 is 15.5 Å². The van der Waals surface area contributed by atoms with Crippen molar-refractivity contribution in [1.82, 2.24) is 15.5 Å². The average Bonchev–Trinajstić information content (AvgIpc) is 2.47. The topological polar surface area (TPSA) is 56.7 Å². The minimum atomic E-state index is 0. The summed E-state index contributed by atoms with van der Waals surface area (Å²) in [5.41, 5.74) is 0. The normalized spacial score (nSPS) is 10.8. The predicted octanol–water partition coefficient (Wildman–Crippen LogP) is 2.56. The number of amides is 1. The summed E-state index contributed by atoms with van der Waals surface area (Å²) in [5, 5.41) is 6.54. The van der Waals surface area contributed by atoms with Crippen molar-refractivity contribution < 1.29 is 4.79 Å². The van der Waals surface area contributed by atoms with Crippen LogP contribution in [0.2, 0.25) is 0 Å². The van der Waals surface area contributed by atoms with Gasteiger partial charge >= 0.3 is 0 Å². The summed E-state index contributed by atoms with van der Waals surface area (Å²) in [6.45, 7) is 4.09. The van der Waals surface area contributed by atoms with Crippen LogP contribution in [0.15, 0.2) is 4.99 Å². The van der Waals surface area contributed by atoms with Gasteiger partial charge in [0.15, 0.2) is 5.96 Å². The molecule has 0 atom stereocenters. The molecule has 7 heteroatoms. The molecule has 0 aromatic rings. The number of rotatable bonds is 11. The van der Waals surface area contributed by atoms with Gasteiger partial charge in [0.1, 0.15) is 6.54 Å². The van der Waals surface area contributed by atoms with E-state index in [0.29, 0.717) is 0 Å².